The Morgan fingerprint density at radius 3 is 1.82 bits per heavy atom. The molecule has 1 unspecified atom stereocenters. The highest BCUT2D eigenvalue weighted by Gasteiger charge is 2.21. The molecule has 3 heteroatoms. The lowest BCUT2D eigenvalue weighted by Crippen LogP contribution is -2.39. The zero-order valence-electron chi connectivity index (χ0n) is 8.35. The Bertz CT molecular complexity index is 109. The van der Waals surface area contributed by atoms with Crippen molar-refractivity contribution in [3.8, 4) is 0 Å². The monoisotopic (exact) mass is 175 g/mol. The van der Waals surface area contributed by atoms with Crippen LogP contribution in [0, 0.1) is 5.92 Å². The van der Waals surface area contributed by atoms with Gasteiger partial charge in [0.1, 0.15) is 0 Å². The third kappa shape index (κ3) is 5.41. The Hall–Kier alpha value is 0.137. The number of hydrogen-bond donors (Lipinski definition) is 1. The van der Waals surface area contributed by atoms with Gasteiger partial charge in [0, 0.05) is 6.54 Å². The predicted molar refractivity (Wildman–Crippen MR) is 52.1 cm³/mol. The van der Waals surface area contributed by atoms with Crippen molar-refractivity contribution in [2.45, 2.75) is 39.6 Å². The molecule has 11 heavy (non-hydrogen) atoms. The van der Waals surface area contributed by atoms with Crippen molar-refractivity contribution < 1.29 is 4.43 Å². The van der Waals surface area contributed by atoms with Gasteiger partial charge in [0.15, 0.2) is 8.32 Å². The Labute approximate surface area is 71.3 Å². The molecule has 0 radical (unpaired) electrons. The summed E-state index contributed by atoms with van der Waals surface area (Å²) in [5.41, 5.74) is 5.58. The fraction of sp³-hybridized carbons (Fsp3) is 1.00. The van der Waals surface area contributed by atoms with E-state index in [0.717, 1.165) is 0 Å². The van der Waals surface area contributed by atoms with Crippen LogP contribution in [0.2, 0.25) is 19.6 Å². The minimum absolute atomic E-state index is 0.252. The third-order valence-electron chi connectivity index (χ3n) is 1.48. The predicted octanol–water partition coefficient (Wildman–Crippen LogP) is 1.82. The fourth-order valence-corrected chi connectivity index (χ4v) is 2.19. The van der Waals surface area contributed by atoms with Gasteiger partial charge >= 0.3 is 0 Å². The molecule has 0 heterocycles. The second-order valence-corrected chi connectivity index (χ2v) is 8.71. The summed E-state index contributed by atoms with van der Waals surface area (Å²) in [7, 11) is -1.38. The molecule has 2 N–H and O–H groups in total. The van der Waals surface area contributed by atoms with Gasteiger partial charge in [0.05, 0.1) is 6.10 Å². The maximum atomic E-state index is 5.86. The molecule has 0 aliphatic carbocycles. The largest absolute Gasteiger partial charge is 0.413 e. The number of rotatable bonds is 4. The average Bonchev–Trinajstić information content (AvgIpc) is 1.80. The zero-order chi connectivity index (χ0) is 9.07. The van der Waals surface area contributed by atoms with Crippen LogP contribution in [-0.2, 0) is 4.43 Å². The molecule has 0 aliphatic rings. The summed E-state index contributed by atoms with van der Waals surface area (Å²) in [6, 6.07) is 0. The Morgan fingerprint density at radius 2 is 1.73 bits per heavy atom. The number of nitrogens with two attached hydrogens (primary N) is 1. The van der Waals surface area contributed by atoms with Crippen molar-refractivity contribution in [3.05, 3.63) is 0 Å². The standard InChI is InChI=1S/C8H21NOSi/c1-7(2)8(6-9)10-11(3,4)5/h7-8H,6,9H2,1-5H3. The molecule has 0 spiro atoms. The SMILES string of the molecule is CC(C)C(CN)O[Si](C)(C)C. The molecular formula is C8H21NOSi. The quantitative estimate of drug-likeness (QED) is 0.662. The van der Waals surface area contributed by atoms with Crippen molar-refractivity contribution >= 4 is 8.32 Å². The first-order valence-corrected chi connectivity index (χ1v) is 7.65. The van der Waals surface area contributed by atoms with E-state index >= 15 is 0 Å². The minimum Gasteiger partial charge on any atom is -0.413 e. The van der Waals surface area contributed by atoms with E-state index < -0.39 is 8.32 Å². The molecule has 0 bridgehead atoms. The smallest absolute Gasteiger partial charge is 0.184 e. The van der Waals surface area contributed by atoms with E-state index in [2.05, 4.69) is 33.5 Å². The summed E-state index contributed by atoms with van der Waals surface area (Å²) < 4.78 is 5.86. The highest BCUT2D eigenvalue weighted by Crippen LogP contribution is 2.12. The molecule has 0 aromatic heterocycles. The Balaban J connectivity index is 3.88. The molecule has 0 fully saturated rings. The van der Waals surface area contributed by atoms with Gasteiger partial charge in [-0.1, -0.05) is 13.8 Å². The lowest BCUT2D eigenvalue weighted by atomic mass is 10.1. The summed E-state index contributed by atoms with van der Waals surface area (Å²) in [6.07, 6.45) is 0.252. The van der Waals surface area contributed by atoms with Crippen LogP contribution in [-0.4, -0.2) is 21.0 Å². The zero-order valence-corrected chi connectivity index (χ0v) is 9.35. The van der Waals surface area contributed by atoms with Gasteiger partial charge in [0.2, 0.25) is 0 Å². The van der Waals surface area contributed by atoms with Gasteiger partial charge in [0.25, 0.3) is 0 Å². The van der Waals surface area contributed by atoms with Crippen LogP contribution >= 0.6 is 0 Å². The molecule has 2 nitrogen and oxygen atoms in total. The van der Waals surface area contributed by atoms with Crippen LogP contribution < -0.4 is 5.73 Å². The first-order chi connectivity index (χ1) is 4.87. The van der Waals surface area contributed by atoms with E-state index in [1.807, 2.05) is 0 Å². The van der Waals surface area contributed by atoms with Crippen molar-refractivity contribution in [2.75, 3.05) is 6.54 Å². The van der Waals surface area contributed by atoms with Gasteiger partial charge in [-0.15, -0.1) is 0 Å². The second kappa shape index (κ2) is 4.23. The van der Waals surface area contributed by atoms with Gasteiger partial charge < -0.3 is 10.2 Å². The van der Waals surface area contributed by atoms with Crippen molar-refractivity contribution in [1.29, 1.82) is 0 Å². The van der Waals surface area contributed by atoms with E-state index in [-0.39, 0.29) is 6.10 Å². The fourth-order valence-electron chi connectivity index (χ4n) is 0.910. The van der Waals surface area contributed by atoms with Crippen LogP contribution in [0.4, 0.5) is 0 Å². The van der Waals surface area contributed by atoms with Gasteiger partial charge in [-0.05, 0) is 25.6 Å². The summed E-state index contributed by atoms with van der Waals surface area (Å²) in [6.45, 7) is 11.5. The summed E-state index contributed by atoms with van der Waals surface area (Å²) in [4.78, 5) is 0. The van der Waals surface area contributed by atoms with E-state index in [9.17, 15) is 0 Å². The molecule has 0 saturated heterocycles. The molecule has 0 rings (SSSR count). The molecule has 1 atom stereocenters. The maximum absolute atomic E-state index is 5.86. The van der Waals surface area contributed by atoms with Crippen LogP contribution in [0.5, 0.6) is 0 Å². The normalized spacial score (nSPS) is 15.5. The van der Waals surface area contributed by atoms with Gasteiger partial charge in [-0.2, -0.15) is 0 Å². The Kier molecular flexibility index (Phi) is 4.29. The van der Waals surface area contributed by atoms with Crippen LogP contribution in [0.3, 0.4) is 0 Å². The lowest BCUT2D eigenvalue weighted by Gasteiger charge is -2.27. The maximum Gasteiger partial charge on any atom is 0.184 e. The molecule has 0 aromatic rings. The summed E-state index contributed by atoms with van der Waals surface area (Å²) in [5.74, 6) is 0.534. The van der Waals surface area contributed by atoms with Crippen molar-refractivity contribution in [3.63, 3.8) is 0 Å². The molecular weight excluding hydrogens is 154 g/mol. The van der Waals surface area contributed by atoms with E-state index in [0.29, 0.717) is 12.5 Å². The van der Waals surface area contributed by atoms with Crippen LogP contribution in [0.15, 0.2) is 0 Å². The van der Waals surface area contributed by atoms with Gasteiger partial charge in [-0.25, -0.2) is 0 Å². The summed E-state index contributed by atoms with van der Waals surface area (Å²) >= 11 is 0. The molecule has 68 valence electrons. The van der Waals surface area contributed by atoms with E-state index in [4.69, 9.17) is 10.2 Å². The van der Waals surface area contributed by atoms with Gasteiger partial charge in [-0.3, -0.25) is 0 Å². The second-order valence-electron chi connectivity index (χ2n) is 4.25. The highest BCUT2D eigenvalue weighted by atomic mass is 28.4. The van der Waals surface area contributed by atoms with Crippen LogP contribution in [0.25, 0.3) is 0 Å². The highest BCUT2D eigenvalue weighted by molar-refractivity contribution is 6.69. The first kappa shape index (κ1) is 11.1. The average molecular weight is 175 g/mol. The number of hydrogen-bond acceptors (Lipinski definition) is 2. The molecule has 0 aromatic carbocycles. The van der Waals surface area contributed by atoms with Crippen molar-refractivity contribution in [1.82, 2.24) is 0 Å². The lowest BCUT2D eigenvalue weighted by molar-refractivity contribution is 0.152. The first-order valence-electron chi connectivity index (χ1n) is 4.24. The van der Waals surface area contributed by atoms with Crippen molar-refractivity contribution in [2.24, 2.45) is 11.7 Å². The van der Waals surface area contributed by atoms with E-state index in [1.54, 1.807) is 0 Å². The van der Waals surface area contributed by atoms with Crippen LogP contribution in [0.1, 0.15) is 13.8 Å². The summed E-state index contributed by atoms with van der Waals surface area (Å²) in [5, 5.41) is 0. The third-order valence-corrected chi connectivity index (χ3v) is 2.49. The topological polar surface area (TPSA) is 35.2 Å². The minimum atomic E-state index is -1.38. The molecule has 0 aliphatic heterocycles. The molecule has 0 saturated carbocycles. The Morgan fingerprint density at radius 1 is 1.27 bits per heavy atom. The van der Waals surface area contributed by atoms with E-state index in [1.165, 1.54) is 0 Å². The molecule has 0 amide bonds.